The molecule has 0 amide bonds. The van der Waals surface area contributed by atoms with Gasteiger partial charge in [-0.15, -0.1) is 11.3 Å². The number of aromatic nitrogens is 1. The molecule has 0 spiro atoms. The third-order valence-electron chi connectivity index (χ3n) is 1.31. The van der Waals surface area contributed by atoms with Crippen LogP contribution in [0.3, 0.4) is 0 Å². The minimum atomic E-state index is -0.378. The van der Waals surface area contributed by atoms with E-state index in [0.29, 0.717) is 0 Å². The summed E-state index contributed by atoms with van der Waals surface area (Å²) in [5, 5.41) is 8.94. The molecule has 1 rings (SSSR count). The van der Waals surface area contributed by atoms with Crippen molar-refractivity contribution in [1.82, 2.24) is 4.98 Å². The van der Waals surface area contributed by atoms with Crippen LogP contribution in [-0.4, -0.2) is 16.2 Å². The number of thiazole rings is 1. The van der Waals surface area contributed by atoms with Crippen molar-refractivity contribution in [3.8, 4) is 0 Å². The molecule has 0 bridgehead atoms. The molecule has 1 aromatic heterocycles. The van der Waals surface area contributed by atoms with Crippen LogP contribution in [0.15, 0.2) is 11.6 Å². The third kappa shape index (κ3) is 2.44. The predicted octanol–water partition coefficient (Wildman–Crippen LogP) is 1.85. The molecule has 0 saturated heterocycles. The number of aliphatic hydroxyl groups excluding tert-OH is 1. The first-order valence-corrected chi connectivity index (χ1v) is 4.34. The first-order chi connectivity index (χ1) is 5.20. The molecule has 0 fully saturated rings. The molecule has 0 aliphatic rings. The highest BCUT2D eigenvalue weighted by Gasteiger charge is 1.95. The van der Waals surface area contributed by atoms with Crippen LogP contribution in [0.1, 0.15) is 17.5 Å². The number of aryl methyl sites for hydroxylation is 1. The van der Waals surface area contributed by atoms with Crippen LogP contribution < -0.4 is 0 Å². The van der Waals surface area contributed by atoms with Gasteiger partial charge in [-0.05, 0) is 19.9 Å². The van der Waals surface area contributed by atoms with E-state index >= 15 is 0 Å². The highest BCUT2D eigenvalue weighted by atomic mass is 32.1. The van der Waals surface area contributed by atoms with E-state index in [1.54, 1.807) is 29.8 Å². The molecular weight excluding hydrogens is 158 g/mol. The van der Waals surface area contributed by atoms with Gasteiger partial charge in [0.1, 0.15) is 0 Å². The van der Waals surface area contributed by atoms with E-state index < -0.39 is 0 Å². The highest BCUT2D eigenvalue weighted by Crippen LogP contribution is 2.13. The first kappa shape index (κ1) is 8.43. The second-order valence-electron chi connectivity index (χ2n) is 2.40. The Bertz CT molecular complexity index is 252. The Kier molecular flexibility index (Phi) is 2.79. The Morgan fingerprint density at radius 3 is 2.91 bits per heavy atom. The summed E-state index contributed by atoms with van der Waals surface area (Å²) >= 11 is 1.58. The van der Waals surface area contributed by atoms with Gasteiger partial charge in [-0.2, -0.15) is 0 Å². The van der Waals surface area contributed by atoms with Gasteiger partial charge in [0.25, 0.3) is 0 Å². The van der Waals surface area contributed by atoms with Crippen LogP contribution in [0.25, 0.3) is 6.08 Å². The van der Waals surface area contributed by atoms with Crippen molar-refractivity contribution in [2.75, 3.05) is 0 Å². The fraction of sp³-hybridized carbons (Fsp3) is 0.375. The maximum atomic E-state index is 8.94. The van der Waals surface area contributed by atoms with E-state index in [1.165, 1.54) is 0 Å². The second-order valence-corrected chi connectivity index (χ2v) is 3.29. The number of rotatable bonds is 2. The Morgan fingerprint density at radius 2 is 2.45 bits per heavy atom. The monoisotopic (exact) mass is 169 g/mol. The normalized spacial score (nSPS) is 14.1. The van der Waals surface area contributed by atoms with Gasteiger partial charge in [-0.1, -0.05) is 6.08 Å². The lowest BCUT2D eigenvalue weighted by Crippen LogP contribution is -1.90. The second kappa shape index (κ2) is 3.64. The van der Waals surface area contributed by atoms with Crippen LogP contribution in [-0.2, 0) is 0 Å². The molecule has 1 N–H and O–H groups in total. The molecule has 1 atom stereocenters. The molecule has 0 saturated carbocycles. The topological polar surface area (TPSA) is 33.1 Å². The summed E-state index contributed by atoms with van der Waals surface area (Å²) < 4.78 is 0. The van der Waals surface area contributed by atoms with Gasteiger partial charge >= 0.3 is 0 Å². The van der Waals surface area contributed by atoms with Crippen molar-refractivity contribution in [2.24, 2.45) is 0 Å². The van der Waals surface area contributed by atoms with Crippen molar-refractivity contribution in [2.45, 2.75) is 20.0 Å². The van der Waals surface area contributed by atoms with Gasteiger partial charge in [0.2, 0.25) is 0 Å². The van der Waals surface area contributed by atoms with E-state index in [4.69, 9.17) is 5.11 Å². The molecule has 11 heavy (non-hydrogen) atoms. The van der Waals surface area contributed by atoms with Gasteiger partial charge < -0.3 is 5.11 Å². The van der Waals surface area contributed by atoms with E-state index in [0.717, 1.165) is 10.6 Å². The predicted molar refractivity (Wildman–Crippen MR) is 47.6 cm³/mol. The lowest BCUT2D eigenvalue weighted by molar-refractivity contribution is 0.245. The van der Waals surface area contributed by atoms with Gasteiger partial charge in [-0.25, -0.2) is 4.98 Å². The minimum Gasteiger partial charge on any atom is -0.389 e. The van der Waals surface area contributed by atoms with Crippen molar-refractivity contribution < 1.29 is 5.11 Å². The molecule has 1 aromatic rings. The number of nitrogens with zero attached hydrogens (tertiary/aromatic N) is 1. The molecule has 60 valence electrons. The quantitative estimate of drug-likeness (QED) is 0.733. The largest absolute Gasteiger partial charge is 0.389 e. The maximum absolute atomic E-state index is 8.94. The molecule has 1 unspecified atom stereocenters. The van der Waals surface area contributed by atoms with Crippen molar-refractivity contribution in [3.63, 3.8) is 0 Å². The van der Waals surface area contributed by atoms with Crippen molar-refractivity contribution in [1.29, 1.82) is 0 Å². The third-order valence-corrected chi connectivity index (χ3v) is 2.20. The zero-order chi connectivity index (χ0) is 8.27. The van der Waals surface area contributed by atoms with E-state index in [-0.39, 0.29) is 6.10 Å². The van der Waals surface area contributed by atoms with Gasteiger partial charge in [0.05, 0.1) is 17.3 Å². The Balaban J connectivity index is 2.71. The lowest BCUT2D eigenvalue weighted by atomic mass is 10.3. The van der Waals surface area contributed by atoms with Gasteiger partial charge in [0, 0.05) is 4.88 Å². The molecule has 0 aliphatic heterocycles. The van der Waals surface area contributed by atoms with Crippen LogP contribution >= 0.6 is 11.3 Å². The van der Waals surface area contributed by atoms with E-state index in [1.807, 2.05) is 13.0 Å². The number of hydrogen-bond donors (Lipinski definition) is 1. The summed E-state index contributed by atoms with van der Waals surface area (Å²) in [6, 6.07) is 0. The van der Waals surface area contributed by atoms with Crippen molar-refractivity contribution in [3.05, 3.63) is 22.2 Å². The number of hydrogen-bond acceptors (Lipinski definition) is 3. The standard InChI is InChI=1S/C8H11NOS/c1-6(10)3-4-8-7(2)9-5-11-8/h3-6,10H,1-2H3/b4-3+. The average Bonchev–Trinajstić information content (AvgIpc) is 2.31. The maximum Gasteiger partial charge on any atom is 0.0801 e. The molecule has 0 radical (unpaired) electrons. The van der Waals surface area contributed by atoms with E-state index in [9.17, 15) is 0 Å². The van der Waals surface area contributed by atoms with Gasteiger partial charge in [-0.3, -0.25) is 0 Å². The highest BCUT2D eigenvalue weighted by molar-refractivity contribution is 7.10. The Morgan fingerprint density at radius 1 is 1.73 bits per heavy atom. The summed E-state index contributed by atoms with van der Waals surface area (Å²) in [6.07, 6.45) is 3.27. The Hall–Kier alpha value is -0.670. The smallest absolute Gasteiger partial charge is 0.0801 e. The Labute approximate surface area is 70.2 Å². The summed E-state index contributed by atoms with van der Waals surface area (Å²) in [5.74, 6) is 0. The van der Waals surface area contributed by atoms with Crippen LogP contribution in [0.2, 0.25) is 0 Å². The van der Waals surface area contributed by atoms with Crippen LogP contribution in [0.4, 0.5) is 0 Å². The minimum absolute atomic E-state index is 0.378. The number of aliphatic hydroxyl groups is 1. The summed E-state index contributed by atoms with van der Waals surface area (Å²) in [7, 11) is 0. The van der Waals surface area contributed by atoms with E-state index in [2.05, 4.69) is 4.98 Å². The van der Waals surface area contributed by atoms with Crippen LogP contribution in [0.5, 0.6) is 0 Å². The first-order valence-electron chi connectivity index (χ1n) is 3.46. The summed E-state index contributed by atoms with van der Waals surface area (Å²) in [6.45, 7) is 3.69. The fourth-order valence-electron chi connectivity index (χ4n) is 0.698. The van der Waals surface area contributed by atoms with Crippen LogP contribution in [0, 0.1) is 6.92 Å². The summed E-state index contributed by atoms with van der Waals surface area (Å²) in [4.78, 5) is 5.20. The molecule has 3 heteroatoms. The molecule has 2 nitrogen and oxygen atoms in total. The fourth-order valence-corrected chi connectivity index (χ4v) is 1.40. The SMILES string of the molecule is Cc1ncsc1/C=C/C(C)O. The average molecular weight is 169 g/mol. The molecular formula is C8H11NOS. The lowest BCUT2D eigenvalue weighted by Gasteiger charge is -1.91. The molecule has 1 heterocycles. The zero-order valence-corrected chi connectivity index (χ0v) is 7.43. The zero-order valence-electron chi connectivity index (χ0n) is 6.61. The van der Waals surface area contributed by atoms with Crippen molar-refractivity contribution >= 4 is 17.4 Å². The molecule has 0 aromatic carbocycles. The summed E-state index contributed by atoms with van der Waals surface area (Å²) in [5.41, 5.74) is 2.82. The van der Waals surface area contributed by atoms with Gasteiger partial charge in [0.15, 0.2) is 0 Å². The molecule has 0 aliphatic carbocycles.